The van der Waals surface area contributed by atoms with E-state index in [1.54, 1.807) is 16.6 Å². The molecule has 1 aliphatic rings. The Morgan fingerprint density at radius 1 is 1.30 bits per heavy atom. The van der Waals surface area contributed by atoms with Gasteiger partial charge in [0.15, 0.2) is 17.1 Å². The number of carbonyl (C=O) groups excluding carboxylic acids is 1. The highest BCUT2D eigenvalue weighted by molar-refractivity contribution is 9.10. The van der Waals surface area contributed by atoms with Gasteiger partial charge in [0.25, 0.3) is 0 Å². The minimum atomic E-state index is -0.623. The molecule has 23 heavy (non-hydrogen) atoms. The molecule has 0 aromatic carbocycles. The number of fused-ring (bicyclic) bond motifs is 1. The van der Waals surface area contributed by atoms with Crippen molar-refractivity contribution >= 4 is 27.5 Å². The van der Waals surface area contributed by atoms with Gasteiger partial charge in [0.2, 0.25) is 0 Å². The maximum Gasteiger partial charge on any atom is 0.356 e. The Morgan fingerprint density at radius 2 is 1.96 bits per heavy atom. The van der Waals surface area contributed by atoms with Crippen LogP contribution >= 0.6 is 15.9 Å². The summed E-state index contributed by atoms with van der Waals surface area (Å²) in [5.74, 6) is -1.12. The third-order valence-corrected chi connectivity index (χ3v) is 4.27. The van der Waals surface area contributed by atoms with Gasteiger partial charge in [0, 0.05) is 6.07 Å². The number of methoxy groups -OCH3 is 1. The molecule has 0 aliphatic carbocycles. The fourth-order valence-corrected chi connectivity index (χ4v) is 2.85. The normalized spacial score (nSPS) is 19.7. The fourth-order valence-electron chi connectivity index (χ4n) is 2.48. The van der Waals surface area contributed by atoms with Crippen LogP contribution in [0.5, 0.6) is 0 Å². The Labute approximate surface area is 142 Å². The lowest BCUT2D eigenvalue weighted by Gasteiger charge is -2.41. The van der Waals surface area contributed by atoms with Crippen molar-refractivity contribution in [3.05, 3.63) is 28.1 Å². The van der Waals surface area contributed by atoms with Crippen LogP contribution in [-0.2, 0) is 19.6 Å². The Morgan fingerprint density at radius 3 is 2.57 bits per heavy atom. The Kier molecular flexibility index (Phi) is 3.94. The van der Waals surface area contributed by atoms with Gasteiger partial charge in [-0.15, -0.1) is 0 Å². The lowest BCUT2D eigenvalue weighted by Crippen LogP contribution is -2.48. The minimum absolute atomic E-state index is 0.230. The SMILES string of the molecule is COC(=O)c1cc(C2(C)COC(C)(C)OC2)n2nc(Br)cc2n1. The van der Waals surface area contributed by atoms with E-state index in [0.717, 1.165) is 5.69 Å². The molecule has 1 saturated heterocycles. The second-order valence-electron chi connectivity index (χ2n) is 6.29. The summed E-state index contributed by atoms with van der Waals surface area (Å²) in [5, 5.41) is 4.40. The molecule has 1 fully saturated rings. The molecule has 0 saturated carbocycles. The van der Waals surface area contributed by atoms with E-state index in [4.69, 9.17) is 14.2 Å². The lowest BCUT2D eigenvalue weighted by molar-refractivity contribution is -0.267. The van der Waals surface area contributed by atoms with Crippen LogP contribution in [0, 0.1) is 0 Å². The van der Waals surface area contributed by atoms with E-state index in [1.807, 2.05) is 20.8 Å². The maximum atomic E-state index is 11.9. The standard InChI is InChI=1S/C15H18BrN3O4/c1-14(2)22-7-15(3,8-23-14)10-5-9(13(20)21-4)17-12-6-11(16)18-19(10)12/h5-6H,7-8H2,1-4H3. The molecule has 124 valence electrons. The fraction of sp³-hybridized carbons (Fsp3) is 0.533. The zero-order valence-electron chi connectivity index (χ0n) is 13.4. The number of nitrogens with zero attached hydrogens (tertiary/aromatic N) is 3. The predicted octanol–water partition coefficient (Wildman–Crippen LogP) is 2.32. The molecule has 1 aliphatic heterocycles. The summed E-state index contributed by atoms with van der Waals surface area (Å²) in [7, 11) is 1.33. The Balaban J connectivity index is 2.13. The first-order valence-corrected chi connectivity index (χ1v) is 7.96. The third-order valence-electron chi connectivity index (χ3n) is 3.89. The molecule has 0 unspecified atom stereocenters. The van der Waals surface area contributed by atoms with Gasteiger partial charge in [-0.05, 0) is 42.8 Å². The summed E-state index contributed by atoms with van der Waals surface area (Å²) >= 11 is 3.35. The molecular formula is C15H18BrN3O4. The lowest BCUT2D eigenvalue weighted by atomic mass is 9.86. The molecule has 0 atom stereocenters. The number of hydrogen-bond acceptors (Lipinski definition) is 6. The van der Waals surface area contributed by atoms with Crippen LogP contribution in [0.2, 0.25) is 0 Å². The quantitative estimate of drug-likeness (QED) is 0.740. The van der Waals surface area contributed by atoms with Gasteiger partial charge in [-0.3, -0.25) is 0 Å². The summed E-state index contributed by atoms with van der Waals surface area (Å²) in [6.45, 7) is 6.64. The first kappa shape index (κ1) is 16.4. The smallest absolute Gasteiger partial charge is 0.356 e. The first-order valence-electron chi connectivity index (χ1n) is 7.17. The number of carbonyl (C=O) groups is 1. The number of aromatic nitrogens is 3. The molecule has 2 aromatic rings. The van der Waals surface area contributed by atoms with Gasteiger partial charge in [-0.2, -0.15) is 5.10 Å². The topological polar surface area (TPSA) is 75.0 Å². The van der Waals surface area contributed by atoms with Crippen molar-refractivity contribution in [2.45, 2.75) is 32.0 Å². The highest BCUT2D eigenvalue weighted by Gasteiger charge is 2.40. The summed E-state index contributed by atoms with van der Waals surface area (Å²) in [4.78, 5) is 16.2. The van der Waals surface area contributed by atoms with E-state index in [9.17, 15) is 4.79 Å². The predicted molar refractivity (Wildman–Crippen MR) is 85.4 cm³/mol. The number of rotatable bonds is 2. The summed E-state index contributed by atoms with van der Waals surface area (Å²) < 4.78 is 18.7. The van der Waals surface area contributed by atoms with Gasteiger partial charge in [0.1, 0.15) is 4.60 Å². The highest BCUT2D eigenvalue weighted by Crippen LogP contribution is 2.33. The van der Waals surface area contributed by atoms with Gasteiger partial charge in [-0.1, -0.05) is 0 Å². The Bertz CT molecular complexity index is 761. The zero-order chi connectivity index (χ0) is 16.8. The van der Waals surface area contributed by atoms with E-state index >= 15 is 0 Å². The molecule has 0 amide bonds. The molecule has 3 rings (SSSR count). The van der Waals surface area contributed by atoms with Gasteiger partial charge in [0.05, 0.1) is 31.4 Å². The van der Waals surface area contributed by atoms with Crippen molar-refractivity contribution in [2.24, 2.45) is 0 Å². The van der Waals surface area contributed by atoms with Gasteiger partial charge in [-0.25, -0.2) is 14.3 Å². The molecule has 2 aromatic heterocycles. The highest BCUT2D eigenvalue weighted by atomic mass is 79.9. The molecule has 7 nitrogen and oxygen atoms in total. The third kappa shape index (κ3) is 2.98. The van der Waals surface area contributed by atoms with Crippen molar-refractivity contribution in [2.75, 3.05) is 20.3 Å². The first-order chi connectivity index (χ1) is 10.7. The summed E-state index contributed by atoms with van der Waals surface area (Å²) in [5.41, 5.74) is 1.10. The van der Waals surface area contributed by atoms with Crippen LogP contribution < -0.4 is 0 Å². The van der Waals surface area contributed by atoms with Crippen molar-refractivity contribution < 1.29 is 19.0 Å². The molecule has 8 heteroatoms. The van der Waals surface area contributed by atoms with Crippen LogP contribution in [0.15, 0.2) is 16.7 Å². The van der Waals surface area contributed by atoms with Crippen molar-refractivity contribution in [1.82, 2.24) is 14.6 Å². The molecule has 3 heterocycles. The zero-order valence-corrected chi connectivity index (χ0v) is 15.0. The van der Waals surface area contributed by atoms with Crippen molar-refractivity contribution in [3.63, 3.8) is 0 Å². The minimum Gasteiger partial charge on any atom is -0.464 e. The largest absolute Gasteiger partial charge is 0.464 e. The second kappa shape index (κ2) is 5.54. The van der Waals surface area contributed by atoms with E-state index in [-0.39, 0.29) is 5.69 Å². The van der Waals surface area contributed by atoms with Crippen molar-refractivity contribution in [3.8, 4) is 0 Å². The summed E-state index contributed by atoms with van der Waals surface area (Å²) in [6, 6.07) is 3.43. The van der Waals surface area contributed by atoms with E-state index in [1.165, 1.54) is 7.11 Å². The van der Waals surface area contributed by atoms with Crippen LogP contribution in [0.1, 0.15) is 37.0 Å². The molecule has 0 bridgehead atoms. The summed E-state index contributed by atoms with van der Waals surface area (Å²) in [6.07, 6.45) is 0. The average Bonchev–Trinajstić information content (AvgIpc) is 2.88. The molecule has 0 spiro atoms. The number of ether oxygens (including phenoxy) is 3. The van der Waals surface area contributed by atoms with Crippen LogP contribution in [0.4, 0.5) is 0 Å². The van der Waals surface area contributed by atoms with E-state index < -0.39 is 17.2 Å². The molecule has 0 radical (unpaired) electrons. The second-order valence-corrected chi connectivity index (χ2v) is 7.11. The van der Waals surface area contributed by atoms with Crippen molar-refractivity contribution in [1.29, 1.82) is 0 Å². The van der Waals surface area contributed by atoms with Crippen LogP contribution in [0.3, 0.4) is 0 Å². The number of hydrogen-bond donors (Lipinski definition) is 0. The van der Waals surface area contributed by atoms with Gasteiger partial charge < -0.3 is 14.2 Å². The van der Waals surface area contributed by atoms with Gasteiger partial charge >= 0.3 is 5.97 Å². The average molecular weight is 384 g/mol. The van der Waals surface area contributed by atoms with E-state index in [2.05, 4.69) is 26.0 Å². The Hall–Kier alpha value is -1.51. The maximum absolute atomic E-state index is 11.9. The number of halogens is 1. The van der Waals surface area contributed by atoms with Crippen LogP contribution in [0.25, 0.3) is 5.65 Å². The molecule has 0 N–H and O–H groups in total. The molecular weight excluding hydrogens is 366 g/mol. The monoisotopic (exact) mass is 383 g/mol. The van der Waals surface area contributed by atoms with Crippen LogP contribution in [-0.4, -0.2) is 46.7 Å². The number of esters is 1. The van der Waals surface area contributed by atoms with E-state index in [0.29, 0.717) is 23.5 Å².